The monoisotopic (exact) mass is 404 g/mol. The van der Waals surface area contributed by atoms with Crippen molar-refractivity contribution in [3.8, 4) is 0 Å². The van der Waals surface area contributed by atoms with E-state index in [2.05, 4.69) is 29.7 Å². The molecule has 2 aliphatic heterocycles. The second-order valence-electron chi connectivity index (χ2n) is 7.80. The maximum atomic E-state index is 12.7. The number of imidazole rings is 1. The van der Waals surface area contributed by atoms with Crippen molar-refractivity contribution in [2.75, 3.05) is 40.3 Å². The van der Waals surface area contributed by atoms with Crippen LogP contribution < -0.4 is 5.32 Å². The van der Waals surface area contributed by atoms with Crippen LogP contribution in [0.4, 0.5) is 0 Å². The number of carbonyl (C=O) groups is 1. The Morgan fingerprint density at radius 1 is 1.36 bits per heavy atom. The number of hydrogen-bond donors (Lipinski definition) is 1. The molecule has 1 amide bonds. The summed E-state index contributed by atoms with van der Waals surface area (Å²) in [4.78, 5) is 26.1. The van der Waals surface area contributed by atoms with Gasteiger partial charge in [-0.15, -0.1) is 11.3 Å². The average molecular weight is 405 g/mol. The van der Waals surface area contributed by atoms with Gasteiger partial charge in [0.15, 0.2) is 6.10 Å². The Morgan fingerprint density at radius 3 is 2.89 bits per heavy atom. The topological polar surface area (TPSA) is 75.5 Å². The second kappa shape index (κ2) is 8.28. The number of piperidine rings is 1. The van der Waals surface area contributed by atoms with Gasteiger partial charge in [0.25, 0.3) is 5.91 Å². The second-order valence-corrected chi connectivity index (χ2v) is 8.78. The zero-order chi connectivity index (χ0) is 19.6. The molecule has 2 aromatic heterocycles. The predicted molar refractivity (Wildman–Crippen MR) is 107 cm³/mol. The number of likely N-dealkylation sites (tertiary alicyclic amines) is 1. The van der Waals surface area contributed by atoms with E-state index in [0.29, 0.717) is 13.1 Å². The van der Waals surface area contributed by atoms with Gasteiger partial charge in [-0.1, -0.05) is 0 Å². The van der Waals surface area contributed by atoms with Crippen LogP contribution in [0.1, 0.15) is 23.7 Å². The van der Waals surface area contributed by atoms with Crippen molar-refractivity contribution >= 4 is 17.2 Å². The van der Waals surface area contributed by atoms with Crippen molar-refractivity contribution < 1.29 is 9.53 Å². The quantitative estimate of drug-likeness (QED) is 0.771. The first-order valence-corrected chi connectivity index (χ1v) is 10.7. The molecule has 0 radical (unpaired) electrons. The average Bonchev–Trinajstić information content (AvgIpc) is 3.35. The Bertz CT molecular complexity index is 782. The fourth-order valence-electron chi connectivity index (χ4n) is 3.99. The molecule has 4 heterocycles. The van der Waals surface area contributed by atoms with Gasteiger partial charge >= 0.3 is 0 Å². The van der Waals surface area contributed by atoms with Crippen LogP contribution in [-0.4, -0.2) is 76.6 Å². The van der Waals surface area contributed by atoms with E-state index in [9.17, 15) is 4.79 Å². The number of amides is 1. The SMILES string of the molecule is CN(C)CCNC(=O)[C@@H]1Cn2ccnc2C2(CCN(Cc3nccs3)CC2)O1. The number of likely N-dealkylation sites (N-methyl/N-ethyl adjacent to an activating group) is 1. The van der Waals surface area contributed by atoms with E-state index < -0.39 is 11.7 Å². The van der Waals surface area contributed by atoms with E-state index in [4.69, 9.17) is 4.74 Å². The van der Waals surface area contributed by atoms with Crippen molar-refractivity contribution in [1.29, 1.82) is 0 Å². The highest BCUT2D eigenvalue weighted by Gasteiger charge is 2.47. The number of fused-ring (bicyclic) bond motifs is 2. The zero-order valence-corrected chi connectivity index (χ0v) is 17.3. The van der Waals surface area contributed by atoms with Gasteiger partial charge in [-0.2, -0.15) is 0 Å². The van der Waals surface area contributed by atoms with Crippen LogP contribution in [0.3, 0.4) is 0 Å². The molecule has 4 rings (SSSR count). The molecule has 1 N–H and O–H groups in total. The van der Waals surface area contributed by atoms with Gasteiger partial charge in [-0.3, -0.25) is 9.69 Å². The standard InChI is InChI=1S/C19H28N6O2S/c1-23(2)10-5-21-17(26)15-13-25-11-6-22-18(25)19(27-15)3-8-24(9-4-19)14-16-20-7-12-28-16/h6-7,11-12,15H,3-5,8-10,13-14H2,1-2H3,(H,21,26)/t15-/m0/s1. The van der Waals surface area contributed by atoms with Gasteiger partial charge in [-0.05, 0) is 26.9 Å². The summed E-state index contributed by atoms with van der Waals surface area (Å²) < 4.78 is 8.55. The third kappa shape index (κ3) is 4.12. The highest BCUT2D eigenvalue weighted by molar-refractivity contribution is 7.09. The molecule has 0 aromatic carbocycles. The number of rotatable bonds is 6. The summed E-state index contributed by atoms with van der Waals surface area (Å²) in [5, 5.41) is 6.16. The number of carbonyl (C=O) groups excluding carboxylic acids is 1. The molecule has 0 saturated carbocycles. The third-order valence-corrected chi connectivity index (χ3v) is 6.27. The van der Waals surface area contributed by atoms with E-state index in [1.54, 1.807) is 11.3 Å². The molecule has 1 fully saturated rings. The van der Waals surface area contributed by atoms with Crippen molar-refractivity contribution in [1.82, 2.24) is 29.7 Å². The Balaban J connectivity index is 1.42. The number of thiazole rings is 1. The fraction of sp³-hybridized carbons (Fsp3) is 0.632. The highest BCUT2D eigenvalue weighted by Crippen LogP contribution is 2.40. The summed E-state index contributed by atoms with van der Waals surface area (Å²) in [6.45, 7) is 4.63. The molecule has 2 aromatic rings. The minimum Gasteiger partial charge on any atom is -0.352 e. The largest absolute Gasteiger partial charge is 0.352 e. The lowest BCUT2D eigenvalue weighted by Crippen LogP contribution is -2.54. The Morgan fingerprint density at radius 2 is 2.18 bits per heavy atom. The molecule has 28 heavy (non-hydrogen) atoms. The third-order valence-electron chi connectivity index (χ3n) is 5.51. The van der Waals surface area contributed by atoms with Crippen molar-refractivity contribution in [2.45, 2.75) is 37.6 Å². The molecule has 8 nitrogen and oxygen atoms in total. The molecule has 1 atom stereocenters. The molecule has 152 valence electrons. The maximum Gasteiger partial charge on any atom is 0.251 e. The smallest absolute Gasteiger partial charge is 0.251 e. The summed E-state index contributed by atoms with van der Waals surface area (Å²) in [7, 11) is 3.99. The van der Waals surface area contributed by atoms with Crippen LogP contribution >= 0.6 is 11.3 Å². The first kappa shape index (κ1) is 19.5. The lowest BCUT2D eigenvalue weighted by molar-refractivity contribution is -0.173. The van der Waals surface area contributed by atoms with Crippen molar-refractivity contribution in [3.05, 3.63) is 34.8 Å². The van der Waals surface area contributed by atoms with Crippen LogP contribution in [0.25, 0.3) is 0 Å². The molecule has 0 bridgehead atoms. The molecule has 9 heteroatoms. The van der Waals surface area contributed by atoms with Gasteiger partial charge in [0, 0.05) is 50.1 Å². The van der Waals surface area contributed by atoms with Gasteiger partial charge < -0.3 is 19.5 Å². The summed E-state index contributed by atoms with van der Waals surface area (Å²) in [5.41, 5.74) is -0.481. The molecular formula is C19H28N6O2S. The lowest BCUT2D eigenvalue weighted by Gasteiger charge is -2.45. The highest BCUT2D eigenvalue weighted by atomic mass is 32.1. The minimum absolute atomic E-state index is 0.0363. The van der Waals surface area contributed by atoms with Gasteiger partial charge in [0.1, 0.15) is 16.4 Å². The fourth-order valence-corrected chi connectivity index (χ4v) is 4.64. The van der Waals surface area contributed by atoms with Gasteiger partial charge in [0.2, 0.25) is 0 Å². The normalized spacial score (nSPS) is 21.8. The Labute approximate surface area is 169 Å². The van der Waals surface area contributed by atoms with Gasteiger partial charge in [0.05, 0.1) is 13.1 Å². The van der Waals surface area contributed by atoms with Crippen LogP contribution in [0, 0.1) is 0 Å². The van der Waals surface area contributed by atoms with Gasteiger partial charge in [-0.25, -0.2) is 9.97 Å². The van der Waals surface area contributed by atoms with Crippen LogP contribution in [0.2, 0.25) is 0 Å². The Hall–Kier alpha value is -1.81. The summed E-state index contributed by atoms with van der Waals surface area (Å²) in [6.07, 6.45) is 6.81. The number of hydrogen-bond acceptors (Lipinski definition) is 7. The summed E-state index contributed by atoms with van der Waals surface area (Å²) in [6, 6.07) is 0. The Kier molecular flexibility index (Phi) is 5.77. The van der Waals surface area contributed by atoms with Crippen LogP contribution in [-0.2, 0) is 28.2 Å². The summed E-state index contributed by atoms with van der Waals surface area (Å²) in [5.74, 6) is 0.921. The number of nitrogens with one attached hydrogen (secondary N) is 1. The van der Waals surface area contributed by atoms with E-state index >= 15 is 0 Å². The molecule has 1 saturated heterocycles. The van der Waals surface area contributed by atoms with Crippen molar-refractivity contribution in [3.63, 3.8) is 0 Å². The van der Waals surface area contributed by atoms with Crippen molar-refractivity contribution in [2.24, 2.45) is 0 Å². The maximum absolute atomic E-state index is 12.7. The molecule has 1 spiro atoms. The van der Waals surface area contributed by atoms with Crippen LogP contribution in [0.15, 0.2) is 24.0 Å². The first-order valence-electron chi connectivity index (χ1n) is 9.78. The van der Waals surface area contributed by atoms with E-state index in [0.717, 1.165) is 49.9 Å². The van der Waals surface area contributed by atoms with E-state index in [1.807, 2.05) is 38.1 Å². The predicted octanol–water partition coefficient (Wildman–Crippen LogP) is 0.908. The molecular weight excluding hydrogens is 376 g/mol. The number of ether oxygens (including phenoxy) is 1. The summed E-state index contributed by atoms with van der Waals surface area (Å²) >= 11 is 1.69. The molecule has 0 aliphatic carbocycles. The number of nitrogens with zero attached hydrogens (tertiary/aromatic N) is 5. The molecule has 2 aliphatic rings. The van der Waals surface area contributed by atoms with Crippen LogP contribution in [0.5, 0.6) is 0 Å². The molecule has 0 unspecified atom stereocenters. The van der Waals surface area contributed by atoms with E-state index in [1.165, 1.54) is 0 Å². The first-order chi connectivity index (χ1) is 13.6. The lowest BCUT2D eigenvalue weighted by atomic mass is 9.88. The number of aromatic nitrogens is 3. The van der Waals surface area contributed by atoms with E-state index in [-0.39, 0.29) is 5.91 Å². The minimum atomic E-state index is -0.481. The zero-order valence-electron chi connectivity index (χ0n) is 16.5.